The Bertz CT molecular complexity index is 258. The van der Waals surface area contributed by atoms with Gasteiger partial charge in [0.1, 0.15) is 0 Å². The van der Waals surface area contributed by atoms with Crippen LogP contribution in [-0.4, -0.2) is 36.6 Å². The third-order valence-corrected chi connectivity index (χ3v) is 5.41. The molecule has 2 aliphatic heterocycles. The van der Waals surface area contributed by atoms with E-state index in [1.807, 2.05) is 0 Å². The van der Waals surface area contributed by atoms with E-state index in [0.717, 1.165) is 11.8 Å². The maximum atomic E-state index is 3.71. The maximum Gasteiger partial charge on any atom is 0.0280 e. The average molecular weight is 236 g/mol. The molecule has 0 spiro atoms. The summed E-state index contributed by atoms with van der Waals surface area (Å²) >= 11 is 0. The Balaban J connectivity index is 1.55. The Hall–Kier alpha value is -0.0800. The smallest absolute Gasteiger partial charge is 0.0280 e. The largest absolute Gasteiger partial charge is 0.310 e. The van der Waals surface area contributed by atoms with Gasteiger partial charge in [-0.15, -0.1) is 0 Å². The molecule has 3 atom stereocenters. The van der Waals surface area contributed by atoms with Crippen molar-refractivity contribution in [3.8, 4) is 0 Å². The lowest BCUT2D eigenvalue weighted by molar-refractivity contribution is 0.0695. The fourth-order valence-electron chi connectivity index (χ4n) is 4.41. The molecule has 2 heterocycles. The van der Waals surface area contributed by atoms with E-state index in [0.29, 0.717) is 5.54 Å². The van der Waals surface area contributed by atoms with Gasteiger partial charge in [-0.2, -0.15) is 0 Å². The fraction of sp³-hybridized carbons (Fsp3) is 1.00. The van der Waals surface area contributed by atoms with Gasteiger partial charge in [-0.25, -0.2) is 0 Å². The van der Waals surface area contributed by atoms with Crippen LogP contribution in [0.5, 0.6) is 0 Å². The van der Waals surface area contributed by atoms with Crippen molar-refractivity contribution in [1.82, 2.24) is 10.2 Å². The van der Waals surface area contributed by atoms with Crippen molar-refractivity contribution in [3.05, 3.63) is 0 Å². The second-order valence-electron chi connectivity index (χ2n) is 6.92. The van der Waals surface area contributed by atoms with Crippen molar-refractivity contribution >= 4 is 0 Å². The van der Waals surface area contributed by atoms with Crippen LogP contribution in [-0.2, 0) is 0 Å². The summed E-state index contributed by atoms with van der Waals surface area (Å²) < 4.78 is 0. The standard InChI is InChI=1S/C15H28N2/c1-15(8-4-9-16-15)12-17-10-7-13-5-2-3-6-14(13)11-17/h13-14,16H,2-12H2,1H3. The molecule has 3 unspecified atom stereocenters. The molecule has 1 aliphatic carbocycles. The van der Waals surface area contributed by atoms with Crippen molar-refractivity contribution in [2.45, 2.75) is 57.4 Å². The van der Waals surface area contributed by atoms with Crippen LogP contribution in [0.15, 0.2) is 0 Å². The summed E-state index contributed by atoms with van der Waals surface area (Å²) in [6.07, 6.45) is 10.2. The maximum absolute atomic E-state index is 3.71. The zero-order valence-corrected chi connectivity index (χ0v) is 11.4. The summed E-state index contributed by atoms with van der Waals surface area (Å²) in [6.45, 7) is 7.69. The van der Waals surface area contributed by atoms with E-state index in [1.165, 1.54) is 71.1 Å². The van der Waals surface area contributed by atoms with Crippen molar-refractivity contribution in [3.63, 3.8) is 0 Å². The minimum Gasteiger partial charge on any atom is -0.310 e. The molecule has 3 fully saturated rings. The number of rotatable bonds is 2. The number of hydrogen-bond acceptors (Lipinski definition) is 2. The fourth-order valence-corrected chi connectivity index (χ4v) is 4.41. The molecular weight excluding hydrogens is 208 g/mol. The van der Waals surface area contributed by atoms with Crippen molar-refractivity contribution in [2.75, 3.05) is 26.2 Å². The van der Waals surface area contributed by atoms with Crippen LogP contribution in [0.25, 0.3) is 0 Å². The summed E-state index contributed by atoms with van der Waals surface area (Å²) in [6, 6.07) is 0. The molecule has 0 amide bonds. The van der Waals surface area contributed by atoms with Crippen LogP contribution < -0.4 is 5.32 Å². The summed E-state index contributed by atoms with van der Waals surface area (Å²) in [4.78, 5) is 2.75. The quantitative estimate of drug-likeness (QED) is 0.793. The molecule has 1 saturated carbocycles. The molecule has 0 bridgehead atoms. The molecule has 0 aromatic rings. The van der Waals surface area contributed by atoms with Crippen LogP contribution in [0.1, 0.15) is 51.9 Å². The van der Waals surface area contributed by atoms with Crippen molar-refractivity contribution < 1.29 is 0 Å². The van der Waals surface area contributed by atoms with Gasteiger partial charge in [-0.3, -0.25) is 0 Å². The molecule has 0 aromatic heterocycles. The molecule has 0 radical (unpaired) electrons. The average Bonchev–Trinajstić information content (AvgIpc) is 2.76. The molecule has 2 nitrogen and oxygen atoms in total. The van der Waals surface area contributed by atoms with Crippen molar-refractivity contribution in [2.24, 2.45) is 11.8 Å². The zero-order chi connectivity index (χ0) is 11.7. The second kappa shape index (κ2) is 4.89. The molecule has 0 aromatic carbocycles. The topological polar surface area (TPSA) is 15.3 Å². The first-order valence-corrected chi connectivity index (χ1v) is 7.73. The highest BCUT2D eigenvalue weighted by atomic mass is 15.2. The Morgan fingerprint density at radius 1 is 1.12 bits per heavy atom. The van der Waals surface area contributed by atoms with Gasteiger partial charge >= 0.3 is 0 Å². The normalized spacial score (nSPS) is 43.6. The molecular formula is C15H28N2. The van der Waals surface area contributed by atoms with Crippen molar-refractivity contribution in [1.29, 1.82) is 0 Å². The lowest BCUT2D eigenvalue weighted by atomic mass is 9.75. The molecule has 17 heavy (non-hydrogen) atoms. The summed E-state index contributed by atoms with van der Waals surface area (Å²) in [5.74, 6) is 2.10. The Labute approximate surface area is 106 Å². The first kappa shape index (κ1) is 12.0. The lowest BCUT2D eigenvalue weighted by Gasteiger charge is -2.43. The zero-order valence-electron chi connectivity index (χ0n) is 11.4. The highest BCUT2D eigenvalue weighted by Crippen LogP contribution is 2.36. The van der Waals surface area contributed by atoms with Gasteiger partial charge in [0.2, 0.25) is 0 Å². The van der Waals surface area contributed by atoms with Gasteiger partial charge in [0, 0.05) is 18.6 Å². The first-order valence-electron chi connectivity index (χ1n) is 7.73. The van der Waals surface area contributed by atoms with Crippen LogP contribution in [0, 0.1) is 11.8 Å². The first-order chi connectivity index (χ1) is 8.25. The Morgan fingerprint density at radius 3 is 2.71 bits per heavy atom. The summed E-state index contributed by atoms with van der Waals surface area (Å²) in [7, 11) is 0. The van der Waals surface area contributed by atoms with Crippen LogP contribution in [0.4, 0.5) is 0 Å². The van der Waals surface area contributed by atoms with E-state index < -0.39 is 0 Å². The van der Waals surface area contributed by atoms with E-state index in [2.05, 4.69) is 17.1 Å². The molecule has 3 rings (SSSR count). The third-order valence-electron chi connectivity index (χ3n) is 5.41. The summed E-state index contributed by atoms with van der Waals surface area (Å²) in [5, 5.41) is 3.71. The van der Waals surface area contributed by atoms with E-state index in [-0.39, 0.29) is 0 Å². The third kappa shape index (κ3) is 2.68. The molecule has 2 heteroatoms. The lowest BCUT2D eigenvalue weighted by Crippen LogP contribution is -2.51. The summed E-state index contributed by atoms with van der Waals surface area (Å²) in [5.41, 5.74) is 0.418. The van der Waals surface area contributed by atoms with Gasteiger partial charge in [-0.05, 0) is 57.5 Å². The highest BCUT2D eigenvalue weighted by molar-refractivity contribution is 4.93. The van der Waals surface area contributed by atoms with E-state index in [9.17, 15) is 0 Å². The second-order valence-corrected chi connectivity index (χ2v) is 6.92. The number of likely N-dealkylation sites (tertiary alicyclic amines) is 1. The highest BCUT2D eigenvalue weighted by Gasteiger charge is 2.35. The van der Waals surface area contributed by atoms with Crippen LogP contribution >= 0.6 is 0 Å². The van der Waals surface area contributed by atoms with E-state index in [1.54, 1.807) is 0 Å². The van der Waals surface area contributed by atoms with E-state index >= 15 is 0 Å². The number of fused-ring (bicyclic) bond motifs is 1. The van der Waals surface area contributed by atoms with Gasteiger partial charge in [0.05, 0.1) is 0 Å². The number of nitrogens with zero attached hydrogens (tertiary/aromatic N) is 1. The van der Waals surface area contributed by atoms with Gasteiger partial charge < -0.3 is 10.2 Å². The van der Waals surface area contributed by atoms with Gasteiger partial charge in [0.25, 0.3) is 0 Å². The predicted octanol–water partition coefficient (Wildman–Crippen LogP) is 2.64. The Morgan fingerprint density at radius 2 is 1.94 bits per heavy atom. The van der Waals surface area contributed by atoms with Crippen LogP contribution in [0.3, 0.4) is 0 Å². The van der Waals surface area contributed by atoms with E-state index in [4.69, 9.17) is 0 Å². The Kier molecular flexibility index (Phi) is 3.45. The SMILES string of the molecule is CC1(CN2CCC3CCCCC3C2)CCCN1. The van der Waals surface area contributed by atoms with Crippen LogP contribution in [0.2, 0.25) is 0 Å². The molecule has 2 saturated heterocycles. The number of hydrogen-bond donors (Lipinski definition) is 1. The molecule has 3 aliphatic rings. The number of piperidine rings is 1. The molecule has 98 valence electrons. The number of nitrogens with one attached hydrogen (secondary N) is 1. The minimum absolute atomic E-state index is 0.418. The van der Waals surface area contributed by atoms with Gasteiger partial charge in [-0.1, -0.05) is 19.3 Å². The minimum atomic E-state index is 0.418. The molecule has 1 N–H and O–H groups in total. The monoisotopic (exact) mass is 236 g/mol. The predicted molar refractivity (Wildman–Crippen MR) is 72.1 cm³/mol. The van der Waals surface area contributed by atoms with Gasteiger partial charge in [0.15, 0.2) is 0 Å².